The third kappa shape index (κ3) is 6.54. The topological polar surface area (TPSA) is 61.8 Å². The van der Waals surface area contributed by atoms with Crippen LogP contribution in [0.2, 0.25) is 0 Å². The molecule has 0 aliphatic rings. The Labute approximate surface area is 179 Å². The number of benzene rings is 3. The fourth-order valence-electron chi connectivity index (χ4n) is 2.74. The molecule has 0 atom stereocenters. The Morgan fingerprint density at radius 2 is 1.71 bits per heavy atom. The minimum absolute atomic E-state index is 0.0189. The Kier molecular flexibility index (Phi) is 7.54. The fourth-order valence-corrected chi connectivity index (χ4v) is 2.74. The number of hydrogen-bond acceptors (Lipinski definition) is 5. The number of rotatable bonds is 9. The van der Waals surface area contributed by atoms with Crippen molar-refractivity contribution in [2.45, 2.75) is 6.61 Å². The highest BCUT2D eigenvalue weighted by Gasteiger charge is 2.15. The van der Waals surface area contributed by atoms with Crippen molar-refractivity contribution in [3.63, 3.8) is 0 Å². The molecular weight excluding hydrogens is 399 g/mol. The maximum atomic E-state index is 13.4. The van der Waals surface area contributed by atoms with E-state index in [0.717, 1.165) is 17.2 Å². The lowest BCUT2D eigenvalue weighted by molar-refractivity contribution is -0.136. The summed E-state index contributed by atoms with van der Waals surface area (Å²) in [6.45, 7) is -0.0538. The molecule has 31 heavy (non-hydrogen) atoms. The van der Waals surface area contributed by atoms with Gasteiger partial charge in [-0.15, -0.1) is 0 Å². The second kappa shape index (κ2) is 10.7. The summed E-state index contributed by atoms with van der Waals surface area (Å²) in [5.41, 5.74) is 1.85. The molecule has 158 valence electrons. The molecule has 3 aromatic carbocycles. The Morgan fingerprint density at radius 1 is 0.968 bits per heavy atom. The van der Waals surface area contributed by atoms with E-state index >= 15 is 0 Å². The number of esters is 1. The van der Waals surface area contributed by atoms with Gasteiger partial charge >= 0.3 is 5.97 Å². The first kappa shape index (κ1) is 21.8. The molecule has 0 fully saturated rings. The molecule has 6 heteroatoms. The van der Waals surface area contributed by atoms with Crippen LogP contribution in [-0.4, -0.2) is 25.5 Å². The van der Waals surface area contributed by atoms with Crippen LogP contribution in [0, 0.1) is 5.82 Å². The van der Waals surface area contributed by atoms with E-state index in [9.17, 15) is 14.0 Å². The Morgan fingerprint density at radius 3 is 2.42 bits per heavy atom. The molecule has 0 radical (unpaired) electrons. The molecule has 0 aliphatic heterocycles. The van der Waals surface area contributed by atoms with Crippen molar-refractivity contribution < 1.29 is 28.2 Å². The van der Waals surface area contributed by atoms with Crippen LogP contribution in [0.3, 0.4) is 0 Å². The van der Waals surface area contributed by atoms with E-state index in [4.69, 9.17) is 14.2 Å². The number of Topliss-reactive ketones (excluding diaryl/α,β-unsaturated/α-hetero) is 1. The zero-order valence-electron chi connectivity index (χ0n) is 16.9. The van der Waals surface area contributed by atoms with Crippen LogP contribution in [0.1, 0.15) is 21.5 Å². The van der Waals surface area contributed by atoms with Crippen molar-refractivity contribution in [3.05, 3.63) is 101 Å². The van der Waals surface area contributed by atoms with Gasteiger partial charge in [0.05, 0.1) is 12.7 Å². The summed E-state index contributed by atoms with van der Waals surface area (Å²) in [5, 5.41) is 0. The molecule has 0 heterocycles. The second-order valence-corrected chi connectivity index (χ2v) is 6.55. The van der Waals surface area contributed by atoms with Gasteiger partial charge in [-0.2, -0.15) is 0 Å². The zero-order valence-corrected chi connectivity index (χ0v) is 16.9. The van der Waals surface area contributed by atoms with Crippen molar-refractivity contribution >= 4 is 17.8 Å². The van der Waals surface area contributed by atoms with Gasteiger partial charge < -0.3 is 14.2 Å². The molecule has 0 bridgehead atoms. The first-order chi connectivity index (χ1) is 15.0. The van der Waals surface area contributed by atoms with Crippen LogP contribution in [0.15, 0.2) is 78.9 Å². The molecule has 0 saturated heterocycles. The Bertz CT molecular complexity index is 1060. The van der Waals surface area contributed by atoms with Gasteiger partial charge in [0, 0.05) is 6.08 Å². The molecule has 3 rings (SSSR count). The van der Waals surface area contributed by atoms with Gasteiger partial charge in [-0.1, -0.05) is 42.5 Å². The van der Waals surface area contributed by atoms with E-state index in [1.165, 1.54) is 25.3 Å². The van der Waals surface area contributed by atoms with Crippen molar-refractivity contribution in [3.8, 4) is 11.5 Å². The van der Waals surface area contributed by atoms with Crippen molar-refractivity contribution in [2.24, 2.45) is 0 Å². The van der Waals surface area contributed by atoms with Crippen LogP contribution >= 0.6 is 0 Å². The van der Waals surface area contributed by atoms with E-state index in [1.54, 1.807) is 30.3 Å². The van der Waals surface area contributed by atoms with Crippen LogP contribution in [0.5, 0.6) is 11.5 Å². The lowest BCUT2D eigenvalue weighted by atomic mass is 10.1. The summed E-state index contributed by atoms with van der Waals surface area (Å²) in [5.74, 6) is -0.900. The van der Waals surface area contributed by atoms with Crippen LogP contribution in [0.25, 0.3) is 6.08 Å². The smallest absolute Gasteiger partial charge is 0.331 e. The SMILES string of the molecule is COc1ccc(F)cc1C(=O)COC(=O)/C=C/c1ccc(OCc2ccccc2)cc1. The van der Waals surface area contributed by atoms with E-state index in [0.29, 0.717) is 12.4 Å². The predicted molar refractivity (Wildman–Crippen MR) is 114 cm³/mol. The van der Waals surface area contributed by atoms with Gasteiger partial charge in [-0.25, -0.2) is 9.18 Å². The van der Waals surface area contributed by atoms with E-state index < -0.39 is 24.2 Å². The molecule has 0 spiro atoms. The first-order valence-corrected chi connectivity index (χ1v) is 9.53. The highest BCUT2D eigenvalue weighted by atomic mass is 19.1. The number of carbonyl (C=O) groups is 2. The first-order valence-electron chi connectivity index (χ1n) is 9.53. The van der Waals surface area contributed by atoms with E-state index in [1.807, 2.05) is 30.3 Å². The number of ether oxygens (including phenoxy) is 3. The van der Waals surface area contributed by atoms with Gasteiger partial charge in [0.25, 0.3) is 0 Å². The number of carbonyl (C=O) groups excluding carboxylic acids is 2. The second-order valence-electron chi connectivity index (χ2n) is 6.55. The van der Waals surface area contributed by atoms with Gasteiger partial charge in [-0.05, 0) is 47.5 Å². The van der Waals surface area contributed by atoms with E-state index in [-0.39, 0.29) is 11.3 Å². The summed E-state index contributed by atoms with van der Waals surface area (Å²) in [7, 11) is 1.37. The quantitative estimate of drug-likeness (QED) is 0.281. The lowest BCUT2D eigenvalue weighted by Crippen LogP contribution is -2.13. The normalized spacial score (nSPS) is 10.6. The van der Waals surface area contributed by atoms with Crippen LogP contribution in [0.4, 0.5) is 4.39 Å². The summed E-state index contributed by atoms with van der Waals surface area (Å²) < 4.78 is 29.1. The van der Waals surface area contributed by atoms with Gasteiger partial charge in [0.15, 0.2) is 6.61 Å². The molecule has 0 aromatic heterocycles. The predicted octanol–water partition coefficient (Wildman–Crippen LogP) is 4.85. The molecule has 0 saturated carbocycles. The maximum Gasteiger partial charge on any atom is 0.331 e. The number of hydrogen-bond donors (Lipinski definition) is 0. The standard InChI is InChI=1S/C25H21FO5/c1-29-24-13-10-20(26)15-22(24)23(27)17-31-25(28)14-9-18-7-11-21(12-8-18)30-16-19-5-3-2-4-6-19/h2-15H,16-17H2,1H3/b14-9+. The molecule has 0 amide bonds. The summed E-state index contributed by atoms with van der Waals surface area (Å²) in [4.78, 5) is 24.1. The summed E-state index contributed by atoms with van der Waals surface area (Å²) >= 11 is 0. The number of halogens is 1. The highest BCUT2D eigenvalue weighted by Crippen LogP contribution is 2.20. The molecule has 3 aromatic rings. The average molecular weight is 420 g/mol. The van der Waals surface area contributed by atoms with E-state index in [2.05, 4.69) is 0 Å². The molecule has 0 N–H and O–H groups in total. The Hall–Kier alpha value is -3.93. The minimum Gasteiger partial charge on any atom is -0.496 e. The monoisotopic (exact) mass is 420 g/mol. The lowest BCUT2D eigenvalue weighted by Gasteiger charge is -2.07. The van der Waals surface area contributed by atoms with Crippen molar-refractivity contribution in [1.29, 1.82) is 0 Å². The van der Waals surface area contributed by atoms with Gasteiger partial charge in [0.2, 0.25) is 5.78 Å². The third-order valence-corrected chi connectivity index (χ3v) is 4.35. The van der Waals surface area contributed by atoms with Crippen molar-refractivity contribution in [1.82, 2.24) is 0 Å². The zero-order chi connectivity index (χ0) is 22.1. The maximum absolute atomic E-state index is 13.4. The van der Waals surface area contributed by atoms with Crippen molar-refractivity contribution in [2.75, 3.05) is 13.7 Å². The summed E-state index contributed by atoms with van der Waals surface area (Å²) in [6, 6.07) is 20.6. The van der Waals surface area contributed by atoms with Crippen LogP contribution < -0.4 is 9.47 Å². The van der Waals surface area contributed by atoms with Crippen LogP contribution in [-0.2, 0) is 16.1 Å². The molecule has 5 nitrogen and oxygen atoms in total. The third-order valence-electron chi connectivity index (χ3n) is 4.35. The highest BCUT2D eigenvalue weighted by molar-refractivity contribution is 6.01. The summed E-state index contributed by atoms with van der Waals surface area (Å²) in [6.07, 6.45) is 2.78. The minimum atomic E-state index is -0.687. The molecular formula is C25H21FO5. The fraction of sp³-hybridized carbons (Fsp3) is 0.120. The van der Waals surface area contributed by atoms with Gasteiger partial charge in [0.1, 0.15) is 23.9 Å². The molecule has 0 unspecified atom stereocenters. The number of methoxy groups -OCH3 is 1. The largest absolute Gasteiger partial charge is 0.496 e. The Balaban J connectivity index is 1.49. The molecule has 0 aliphatic carbocycles. The number of ketones is 1. The average Bonchev–Trinajstić information content (AvgIpc) is 2.81. The van der Waals surface area contributed by atoms with Gasteiger partial charge in [-0.3, -0.25) is 4.79 Å².